The summed E-state index contributed by atoms with van der Waals surface area (Å²) in [6, 6.07) is 8.31. The summed E-state index contributed by atoms with van der Waals surface area (Å²) in [5.74, 6) is -0.186. The van der Waals surface area contributed by atoms with Crippen LogP contribution in [0.25, 0.3) is 0 Å². The molecule has 2 aliphatic heterocycles. The molecule has 3 heterocycles. The van der Waals surface area contributed by atoms with Gasteiger partial charge in [0.2, 0.25) is 0 Å². The van der Waals surface area contributed by atoms with Crippen molar-refractivity contribution in [2.45, 2.75) is 44.9 Å². The molecule has 4 rings (SSSR count). The van der Waals surface area contributed by atoms with E-state index in [-0.39, 0.29) is 12.0 Å². The van der Waals surface area contributed by atoms with Gasteiger partial charge in [0.1, 0.15) is 0 Å². The number of morpholine rings is 1. The van der Waals surface area contributed by atoms with Crippen molar-refractivity contribution in [1.29, 1.82) is 0 Å². The van der Waals surface area contributed by atoms with Crippen LogP contribution in [0.15, 0.2) is 24.3 Å². The van der Waals surface area contributed by atoms with Crippen LogP contribution < -0.4 is 10.6 Å². The van der Waals surface area contributed by atoms with E-state index in [0.717, 1.165) is 41.9 Å². The molecule has 2 bridgehead atoms. The van der Waals surface area contributed by atoms with Crippen LogP contribution in [0.3, 0.4) is 0 Å². The number of carbonyl (C=O) groups is 1. The molecule has 0 saturated carbocycles. The highest BCUT2D eigenvalue weighted by atomic mass is 16.5. The molecule has 0 aliphatic carbocycles. The Labute approximate surface area is 141 Å². The number of amides is 1. The highest BCUT2D eigenvalue weighted by Crippen LogP contribution is 2.37. The second kappa shape index (κ2) is 6.03. The van der Waals surface area contributed by atoms with Crippen LogP contribution in [0.4, 0.5) is 5.69 Å². The number of H-pyrrole nitrogens is 1. The van der Waals surface area contributed by atoms with Gasteiger partial charge in [-0.25, -0.2) is 0 Å². The third-order valence-electron chi connectivity index (χ3n) is 5.01. The Morgan fingerprint density at radius 2 is 2.17 bits per heavy atom. The van der Waals surface area contributed by atoms with Gasteiger partial charge in [-0.1, -0.05) is 19.1 Å². The zero-order valence-corrected chi connectivity index (χ0v) is 13.9. The van der Waals surface area contributed by atoms with Crippen molar-refractivity contribution in [2.75, 3.05) is 11.9 Å². The van der Waals surface area contributed by atoms with Crippen molar-refractivity contribution in [1.82, 2.24) is 15.5 Å². The number of nitrogens with one attached hydrogen (secondary N) is 3. The lowest BCUT2D eigenvalue weighted by molar-refractivity contribution is 0.0160. The summed E-state index contributed by atoms with van der Waals surface area (Å²) in [7, 11) is 0. The van der Waals surface area contributed by atoms with E-state index in [1.54, 1.807) is 0 Å². The molecule has 3 atom stereocenters. The van der Waals surface area contributed by atoms with Crippen LogP contribution in [0.5, 0.6) is 0 Å². The Balaban J connectivity index is 1.45. The fraction of sp³-hybridized carbons (Fsp3) is 0.444. The number of aromatic nitrogens is 2. The molecule has 1 amide bonds. The molecule has 6 nitrogen and oxygen atoms in total. The van der Waals surface area contributed by atoms with Gasteiger partial charge in [-0.05, 0) is 37.5 Å². The number of benzene rings is 1. The lowest BCUT2D eigenvalue weighted by Crippen LogP contribution is -2.33. The minimum absolute atomic E-state index is 0.120. The minimum Gasteiger partial charge on any atom is -0.367 e. The average Bonchev–Trinajstić information content (AvgIpc) is 3.30. The molecule has 126 valence electrons. The SMILES string of the molecule is CCc1[nH]nc(C(=O)Nc2ccc([C@H]3O[C@@H]4CN[C@H]3C4)cc2)c1C. The molecular weight excluding hydrogens is 304 g/mol. The first-order valence-corrected chi connectivity index (χ1v) is 8.49. The van der Waals surface area contributed by atoms with Gasteiger partial charge in [0.15, 0.2) is 5.69 Å². The number of anilines is 1. The number of carbonyl (C=O) groups excluding carboxylic acids is 1. The highest BCUT2D eigenvalue weighted by molar-refractivity contribution is 6.03. The maximum absolute atomic E-state index is 12.4. The molecule has 6 heteroatoms. The summed E-state index contributed by atoms with van der Waals surface area (Å²) in [4.78, 5) is 12.4. The lowest BCUT2D eigenvalue weighted by atomic mass is 10.0. The summed E-state index contributed by atoms with van der Waals surface area (Å²) in [6.45, 7) is 4.91. The number of aryl methyl sites for hydroxylation is 1. The third kappa shape index (κ3) is 2.61. The normalized spacial score (nSPS) is 25.2. The van der Waals surface area contributed by atoms with Crippen molar-refractivity contribution in [2.24, 2.45) is 0 Å². The zero-order chi connectivity index (χ0) is 16.7. The van der Waals surface area contributed by atoms with Crippen molar-refractivity contribution < 1.29 is 9.53 Å². The number of hydrogen-bond donors (Lipinski definition) is 3. The molecule has 24 heavy (non-hydrogen) atoms. The summed E-state index contributed by atoms with van der Waals surface area (Å²) >= 11 is 0. The topological polar surface area (TPSA) is 79.0 Å². The second-order valence-corrected chi connectivity index (χ2v) is 6.53. The van der Waals surface area contributed by atoms with E-state index in [0.29, 0.717) is 17.8 Å². The van der Waals surface area contributed by atoms with Crippen LogP contribution in [0, 0.1) is 6.92 Å². The van der Waals surface area contributed by atoms with Crippen LogP contribution in [0.1, 0.15) is 46.8 Å². The van der Waals surface area contributed by atoms with Crippen LogP contribution in [-0.4, -0.2) is 34.8 Å². The van der Waals surface area contributed by atoms with Gasteiger partial charge < -0.3 is 15.4 Å². The number of ether oxygens (including phenoxy) is 1. The van der Waals surface area contributed by atoms with Gasteiger partial charge in [0.05, 0.1) is 12.2 Å². The first-order chi connectivity index (χ1) is 11.7. The van der Waals surface area contributed by atoms with Gasteiger partial charge in [-0.3, -0.25) is 9.89 Å². The Morgan fingerprint density at radius 3 is 2.75 bits per heavy atom. The van der Waals surface area contributed by atoms with Crippen molar-refractivity contribution in [3.8, 4) is 0 Å². The van der Waals surface area contributed by atoms with Crippen molar-refractivity contribution >= 4 is 11.6 Å². The number of rotatable bonds is 4. The van der Waals surface area contributed by atoms with E-state index in [1.165, 1.54) is 0 Å². The molecule has 0 spiro atoms. The minimum atomic E-state index is -0.186. The highest BCUT2D eigenvalue weighted by Gasteiger charge is 2.41. The Morgan fingerprint density at radius 1 is 1.38 bits per heavy atom. The fourth-order valence-electron chi connectivity index (χ4n) is 3.63. The first-order valence-electron chi connectivity index (χ1n) is 8.49. The Hall–Kier alpha value is -2.18. The molecule has 1 aromatic carbocycles. The number of hydrogen-bond acceptors (Lipinski definition) is 4. The standard InChI is InChI=1S/C18H22N4O2/c1-3-14-10(2)16(22-21-14)18(23)20-12-6-4-11(5-7-12)17-15-8-13(24-17)9-19-15/h4-7,13,15,17,19H,3,8-9H2,1-2H3,(H,20,23)(H,21,22)/t13-,15-,17+/m0/s1. The van der Waals surface area contributed by atoms with E-state index in [9.17, 15) is 4.79 Å². The molecule has 2 fully saturated rings. The Kier molecular flexibility index (Phi) is 3.86. The molecule has 1 aromatic heterocycles. The molecule has 3 N–H and O–H groups in total. The van der Waals surface area contributed by atoms with Crippen LogP contribution >= 0.6 is 0 Å². The second-order valence-electron chi connectivity index (χ2n) is 6.53. The largest absolute Gasteiger partial charge is 0.367 e. The van der Waals surface area contributed by atoms with Gasteiger partial charge in [-0.2, -0.15) is 5.10 Å². The maximum atomic E-state index is 12.4. The average molecular weight is 326 g/mol. The van der Waals surface area contributed by atoms with Gasteiger partial charge in [-0.15, -0.1) is 0 Å². The fourth-order valence-corrected chi connectivity index (χ4v) is 3.63. The molecule has 0 unspecified atom stereocenters. The molecule has 2 aromatic rings. The molecular formula is C18H22N4O2. The van der Waals surface area contributed by atoms with Crippen molar-refractivity contribution in [3.63, 3.8) is 0 Å². The van der Waals surface area contributed by atoms with Crippen LogP contribution in [-0.2, 0) is 11.2 Å². The number of fused-ring (bicyclic) bond motifs is 2. The van der Waals surface area contributed by atoms with Crippen molar-refractivity contribution in [3.05, 3.63) is 46.8 Å². The van der Waals surface area contributed by atoms with Gasteiger partial charge in [0, 0.05) is 29.5 Å². The molecule has 2 saturated heterocycles. The maximum Gasteiger partial charge on any atom is 0.276 e. The summed E-state index contributed by atoms with van der Waals surface area (Å²) in [6.07, 6.45) is 2.38. The van der Waals surface area contributed by atoms with Crippen LogP contribution in [0.2, 0.25) is 0 Å². The zero-order valence-electron chi connectivity index (χ0n) is 13.9. The molecule has 0 radical (unpaired) electrons. The predicted octanol–water partition coefficient (Wildman–Crippen LogP) is 2.33. The van der Waals surface area contributed by atoms with E-state index < -0.39 is 0 Å². The molecule has 2 aliphatic rings. The van der Waals surface area contributed by atoms with Gasteiger partial charge in [0.25, 0.3) is 5.91 Å². The van der Waals surface area contributed by atoms with Gasteiger partial charge >= 0.3 is 0 Å². The predicted molar refractivity (Wildman–Crippen MR) is 91.1 cm³/mol. The van der Waals surface area contributed by atoms with E-state index >= 15 is 0 Å². The monoisotopic (exact) mass is 326 g/mol. The van der Waals surface area contributed by atoms with E-state index in [1.807, 2.05) is 38.1 Å². The van der Waals surface area contributed by atoms with E-state index in [4.69, 9.17) is 4.74 Å². The Bertz CT molecular complexity index is 753. The quantitative estimate of drug-likeness (QED) is 0.806. The number of nitrogens with zero attached hydrogens (tertiary/aromatic N) is 1. The summed E-state index contributed by atoms with van der Waals surface area (Å²) in [5, 5.41) is 13.4. The smallest absolute Gasteiger partial charge is 0.276 e. The first kappa shape index (κ1) is 15.4. The van der Waals surface area contributed by atoms with E-state index in [2.05, 4.69) is 20.8 Å². The number of aromatic amines is 1. The lowest BCUT2D eigenvalue weighted by Gasteiger charge is -2.23. The summed E-state index contributed by atoms with van der Waals surface area (Å²) in [5.41, 5.74) is 4.28. The third-order valence-corrected chi connectivity index (χ3v) is 5.01. The summed E-state index contributed by atoms with van der Waals surface area (Å²) < 4.78 is 6.00.